The highest BCUT2D eigenvalue weighted by atomic mass is 32.2. The molecule has 0 aromatic carbocycles. The summed E-state index contributed by atoms with van der Waals surface area (Å²) in [4.78, 5) is 9.00. The van der Waals surface area contributed by atoms with Crippen LogP contribution < -0.4 is 10.6 Å². The summed E-state index contributed by atoms with van der Waals surface area (Å²) in [6.07, 6.45) is 1.55. The first-order valence-corrected chi connectivity index (χ1v) is 8.69. The number of aromatic nitrogens is 2. The van der Waals surface area contributed by atoms with E-state index >= 15 is 0 Å². The van der Waals surface area contributed by atoms with Crippen LogP contribution in [-0.2, 0) is 16.8 Å². The first-order chi connectivity index (χ1) is 10.4. The zero-order valence-corrected chi connectivity index (χ0v) is 14.3. The van der Waals surface area contributed by atoms with Crippen molar-refractivity contribution in [2.45, 2.75) is 25.4 Å². The van der Waals surface area contributed by atoms with Crippen molar-refractivity contribution < 1.29 is 8.42 Å². The van der Waals surface area contributed by atoms with Gasteiger partial charge in [0.25, 0.3) is 10.2 Å². The number of nitrogens with one attached hydrogen (secondary N) is 2. The topological polar surface area (TPSA) is 90.5 Å². The molecule has 0 aliphatic carbocycles. The van der Waals surface area contributed by atoms with Crippen LogP contribution in [0.2, 0.25) is 0 Å². The number of anilines is 1. The molecule has 22 heavy (non-hydrogen) atoms. The maximum atomic E-state index is 12.4. The van der Waals surface area contributed by atoms with E-state index in [0.29, 0.717) is 24.7 Å². The van der Waals surface area contributed by atoms with Crippen molar-refractivity contribution in [2.24, 2.45) is 0 Å². The van der Waals surface area contributed by atoms with E-state index in [9.17, 15) is 8.42 Å². The van der Waals surface area contributed by atoms with Gasteiger partial charge in [0.2, 0.25) is 0 Å². The summed E-state index contributed by atoms with van der Waals surface area (Å²) in [7, 11) is 3.26. The SMILES string of the molecule is CNCc1cc(NC)nc([C@@H]2CCCN2S(=O)(=O)N(C)C)n1. The minimum atomic E-state index is -3.47. The Labute approximate surface area is 132 Å². The summed E-state index contributed by atoms with van der Waals surface area (Å²) in [6, 6.07) is 1.55. The van der Waals surface area contributed by atoms with E-state index in [2.05, 4.69) is 20.6 Å². The molecule has 0 bridgehead atoms. The van der Waals surface area contributed by atoms with Crippen LogP contribution in [0, 0.1) is 0 Å². The van der Waals surface area contributed by atoms with Crippen molar-refractivity contribution in [3.63, 3.8) is 0 Å². The maximum absolute atomic E-state index is 12.4. The highest BCUT2D eigenvalue weighted by molar-refractivity contribution is 7.86. The second-order valence-electron chi connectivity index (χ2n) is 5.44. The molecule has 2 N–H and O–H groups in total. The minimum Gasteiger partial charge on any atom is -0.373 e. The first kappa shape index (κ1) is 17.1. The molecule has 0 saturated carbocycles. The lowest BCUT2D eigenvalue weighted by Crippen LogP contribution is -2.40. The van der Waals surface area contributed by atoms with Crippen molar-refractivity contribution in [3.05, 3.63) is 17.6 Å². The Balaban J connectivity index is 2.39. The van der Waals surface area contributed by atoms with Crippen molar-refractivity contribution in [1.29, 1.82) is 0 Å². The van der Waals surface area contributed by atoms with Gasteiger partial charge in [0.1, 0.15) is 11.6 Å². The van der Waals surface area contributed by atoms with Crippen LogP contribution in [0.1, 0.15) is 30.4 Å². The van der Waals surface area contributed by atoms with Crippen LogP contribution in [0.5, 0.6) is 0 Å². The van der Waals surface area contributed by atoms with E-state index in [1.54, 1.807) is 21.1 Å². The maximum Gasteiger partial charge on any atom is 0.282 e. The van der Waals surface area contributed by atoms with Crippen molar-refractivity contribution >= 4 is 16.0 Å². The van der Waals surface area contributed by atoms with Gasteiger partial charge in [0.15, 0.2) is 0 Å². The number of hydrogen-bond donors (Lipinski definition) is 2. The molecule has 1 aliphatic heterocycles. The summed E-state index contributed by atoms with van der Waals surface area (Å²) < 4.78 is 27.6. The molecule has 0 spiro atoms. The average molecular weight is 328 g/mol. The van der Waals surface area contributed by atoms with Gasteiger partial charge in [-0.25, -0.2) is 9.97 Å². The smallest absolute Gasteiger partial charge is 0.282 e. The van der Waals surface area contributed by atoms with E-state index in [0.717, 1.165) is 18.5 Å². The fraction of sp³-hybridized carbons (Fsp3) is 0.692. The predicted molar refractivity (Wildman–Crippen MR) is 85.6 cm³/mol. The molecule has 0 unspecified atom stereocenters. The summed E-state index contributed by atoms with van der Waals surface area (Å²) in [6.45, 7) is 1.11. The molecule has 1 saturated heterocycles. The van der Waals surface area contributed by atoms with Crippen LogP contribution in [0.3, 0.4) is 0 Å². The third-order valence-corrected chi connectivity index (χ3v) is 5.62. The van der Waals surface area contributed by atoms with Gasteiger partial charge >= 0.3 is 0 Å². The monoisotopic (exact) mass is 328 g/mol. The van der Waals surface area contributed by atoms with Crippen molar-refractivity contribution in [1.82, 2.24) is 23.9 Å². The van der Waals surface area contributed by atoms with Crippen molar-refractivity contribution in [3.8, 4) is 0 Å². The molecule has 2 rings (SSSR count). The molecule has 0 amide bonds. The van der Waals surface area contributed by atoms with E-state index < -0.39 is 10.2 Å². The van der Waals surface area contributed by atoms with Crippen LogP contribution in [0.25, 0.3) is 0 Å². The fourth-order valence-corrected chi connectivity index (χ4v) is 3.85. The molecule has 1 aromatic rings. The van der Waals surface area contributed by atoms with Gasteiger partial charge in [-0.3, -0.25) is 0 Å². The Morgan fingerprint density at radius 2 is 2.09 bits per heavy atom. The molecule has 124 valence electrons. The van der Waals surface area contributed by atoms with Crippen LogP contribution >= 0.6 is 0 Å². The van der Waals surface area contributed by atoms with E-state index in [4.69, 9.17) is 0 Å². The van der Waals surface area contributed by atoms with Gasteiger partial charge in [-0.2, -0.15) is 17.0 Å². The van der Waals surface area contributed by atoms with Gasteiger partial charge in [-0.1, -0.05) is 0 Å². The predicted octanol–water partition coefficient (Wildman–Crippen LogP) is 0.181. The lowest BCUT2D eigenvalue weighted by atomic mass is 10.2. The second-order valence-corrected chi connectivity index (χ2v) is 7.54. The molecule has 9 heteroatoms. The Morgan fingerprint density at radius 1 is 1.36 bits per heavy atom. The van der Waals surface area contributed by atoms with Gasteiger partial charge in [0.05, 0.1) is 11.7 Å². The lowest BCUT2D eigenvalue weighted by Gasteiger charge is -2.26. The van der Waals surface area contributed by atoms with Crippen LogP contribution in [0.15, 0.2) is 6.07 Å². The zero-order valence-electron chi connectivity index (χ0n) is 13.5. The fourth-order valence-electron chi connectivity index (χ4n) is 2.55. The molecule has 0 radical (unpaired) electrons. The molecule has 1 aromatic heterocycles. The van der Waals surface area contributed by atoms with Crippen LogP contribution in [-0.4, -0.2) is 61.7 Å². The third-order valence-electron chi connectivity index (χ3n) is 3.67. The van der Waals surface area contributed by atoms with Gasteiger partial charge < -0.3 is 10.6 Å². The van der Waals surface area contributed by atoms with Gasteiger partial charge in [0, 0.05) is 40.3 Å². The average Bonchev–Trinajstić information content (AvgIpc) is 2.97. The number of nitrogens with zero attached hydrogens (tertiary/aromatic N) is 4. The first-order valence-electron chi connectivity index (χ1n) is 7.29. The molecule has 1 fully saturated rings. The number of hydrogen-bond acceptors (Lipinski definition) is 6. The highest BCUT2D eigenvalue weighted by Crippen LogP contribution is 2.33. The number of rotatable bonds is 6. The Hall–Kier alpha value is -1.29. The molecule has 1 atom stereocenters. The van der Waals surface area contributed by atoms with Gasteiger partial charge in [-0.15, -0.1) is 0 Å². The second kappa shape index (κ2) is 6.86. The molecule has 2 heterocycles. The normalized spacial score (nSPS) is 19.8. The Kier molecular flexibility index (Phi) is 5.32. The van der Waals surface area contributed by atoms with E-state index in [-0.39, 0.29) is 6.04 Å². The van der Waals surface area contributed by atoms with Gasteiger partial charge in [-0.05, 0) is 19.9 Å². The minimum absolute atomic E-state index is 0.309. The Morgan fingerprint density at radius 3 is 2.68 bits per heavy atom. The third kappa shape index (κ3) is 3.37. The van der Waals surface area contributed by atoms with E-state index in [1.165, 1.54) is 8.61 Å². The largest absolute Gasteiger partial charge is 0.373 e. The zero-order chi connectivity index (χ0) is 16.3. The lowest BCUT2D eigenvalue weighted by molar-refractivity contribution is 0.352. The molecule has 8 nitrogen and oxygen atoms in total. The van der Waals surface area contributed by atoms with E-state index in [1.807, 2.05) is 13.1 Å². The highest BCUT2D eigenvalue weighted by Gasteiger charge is 2.38. The van der Waals surface area contributed by atoms with Crippen LogP contribution in [0.4, 0.5) is 5.82 Å². The van der Waals surface area contributed by atoms with Crippen molar-refractivity contribution in [2.75, 3.05) is 40.1 Å². The molecule has 1 aliphatic rings. The quantitative estimate of drug-likeness (QED) is 0.774. The summed E-state index contributed by atoms with van der Waals surface area (Å²) >= 11 is 0. The Bertz CT molecular complexity index is 619. The molecular formula is C13H24N6O2S. The summed E-state index contributed by atoms with van der Waals surface area (Å²) in [5.74, 6) is 1.25. The summed E-state index contributed by atoms with van der Waals surface area (Å²) in [5, 5.41) is 6.06. The molecular weight excluding hydrogens is 304 g/mol. The summed E-state index contributed by atoms with van der Waals surface area (Å²) in [5.41, 5.74) is 0.839. The standard InChI is InChI=1S/C13H24N6O2S/c1-14-9-10-8-12(15-2)17-13(16-10)11-6-5-7-19(11)22(20,21)18(3)4/h8,11,14H,5-7,9H2,1-4H3,(H,15,16,17)/t11-/m0/s1.